The summed E-state index contributed by atoms with van der Waals surface area (Å²) in [6, 6.07) is 11.3. The van der Waals surface area contributed by atoms with Crippen LogP contribution in [0.3, 0.4) is 0 Å². The van der Waals surface area contributed by atoms with Crippen molar-refractivity contribution in [1.82, 2.24) is 15.0 Å². The minimum Gasteiger partial charge on any atom is -0.449 e. The summed E-state index contributed by atoms with van der Waals surface area (Å²) in [7, 11) is 3.27. The van der Waals surface area contributed by atoms with E-state index in [0.29, 0.717) is 28.1 Å². The minimum absolute atomic E-state index is 0.0668. The molecule has 4 rings (SSSR count). The lowest BCUT2D eigenvalue weighted by molar-refractivity contribution is -0.167. The van der Waals surface area contributed by atoms with Gasteiger partial charge in [0, 0.05) is 50.1 Å². The molecule has 3 aromatic rings. The van der Waals surface area contributed by atoms with Crippen molar-refractivity contribution in [3.05, 3.63) is 64.1 Å². The van der Waals surface area contributed by atoms with E-state index in [0.717, 1.165) is 6.92 Å². The molecule has 1 fully saturated rings. The first kappa shape index (κ1) is 27.3. The molecule has 0 spiro atoms. The molecule has 3 amide bonds. The SMILES string of the molecule is CC(=O)O[C@@H](C(=O)Nc1ccc(-c2noc(=O)[nH]2)cc1)[C@H]1OCCN(c2cccc(C(=O)N(C)C)c2C)C1=O. The fourth-order valence-electron chi connectivity index (χ4n) is 4.16. The molecule has 2 N–H and O–H groups in total. The molecule has 13 nitrogen and oxygen atoms in total. The average molecular weight is 538 g/mol. The zero-order valence-electron chi connectivity index (χ0n) is 21.7. The third-order valence-electron chi connectivity index (χ3n) is 6.05. The summed E-state index contributed by atoms with van der Waals surface area (Å²) < 4.78 is 15.4. The maximum Gasteiger partial charge on any atom is 0.439 e. The van der Waals surface area contributed by atoms with Crippen molar-refractivity contribution < 1.29 is 33.2 Å². The van der Waals surface area contributed by atoms with E-state index < -0.39 is 35.7 Å². The van der Waals surface area contributed by atoms with Crippen LogP contribution < -0.4 is 16.0 Å². The van der Waals surface area contributed by atoms with Gasteiger partial charge in [0.1, 0.15) is 0 Å². The smallest absolute Gasteiger partial charge is 0.439 e. The number of nitrogens with one attached hydrogen (secondary N) is 2. The van der Waals surface area contributed by atoms with Gasteiger partial charge in [-0.3, -0.25) is 28.7 Å². The van der Waals surface area contributed by atoms with Crippen molar-refractivity contribution in [1.29, 1.82) is 0 Å². The third-order valence-corrected chi connectivity index (χ3v) is 6.05. The zero-order chi connectivity index (χ0) is 28.3. The topological polar surface area (TPSA) is 164 Å². The number of carbonyl (C=O) groups is 4. The molecular weight excluding hydrogens is 510 g/mol. The van der Waals surface area contributed by atoms with Gasteiger partial charge < -0.3 is 24.6 Å². The second kappa shape index (κ2) is 11.3. The number of morpholine rings is 1. The molecule has 0 saturated carbocycles. The molecule has 2 aromatic carbocycles. The monoisotopic (exact) mass is 537 g/mol. The van der Waals surface area contributed by atoms with Crippen molar-refractivity contribution in [3.8, 4) is 11.4 Å². The molecule has 0 unspecified atom stereocenters. The summed E-state index contributed by atoms with van der Waals surface area (Å²) >= 11 is 0. The predicted octanol–water partition coefficient (Wildman–Crippen LogP) is 1.34. The van der Waals surface area contributed by atoms with Crippen LogP contribution in [0.1, 0.15) is 22.8 Å². The highest BCUT2D eigenvalue weighted by molar-refractivity contribution is 6.06. The van der Waals surface area contributed by atoms with Crippen LogP contribution in [0.5, 0.6) is 0 Å². The number of anilines is 2. The fraction of sp³-hybridized carbons (Fsp3) is 0.308. The molecule has 1 aromatic heterocycles. The lowest BCUT2D eigenvalue weighted by Gasteiger charge is -2.36. The van der Waals surface area contributed by atoms with E-state index in [1.54, 1.807) is 51.4 Å². The summed E-state index contributed by atoms with van der Waals surface area (Å²) in [6.45, 7) is 3.10. The van der Waals surface area contributed by atoms with Gasteiger partial charge in [-0.05, 0) is 48.9 Å². The van der Waals surface area contributed by atoms with Crippen LogP contribution in [-0.4, -0.2) is 78.2 Å². The second-order valence-electron chi connectivity index (χ2n) is 8.97. The molecular formula is C26H27N5O8. The third kappa shape index (κ3) is 5.88. The molecule has 1 aliphatic heterocycles. The number of rotatable bonds is 7. The molecule has 13 heteroatoms. The van der Waals surface area contributed by atoms with Crippen molar-refractivity contribution >= 4 is 35.1 Å². The van der Waals surface area contributed by atoms with Crippen molar-refractivity contribution in [2.45, 2.75) is 26.1 Å². The van der Waals surface area contributed by atoms with E-state index in [1.807, 2.05) is 0 Å². The maximum absolute atomic E-state index is 13.6. The summed E-state index contributed by atoms with van der Waals surface area (Å²) in [5.41, 5.74) is 2.37. The molecule has 1 aliphatic rings. The minimum atomic E-state index is -1.59. The standard InChI is InChI=1S/C26H27N5O8/c1-14-18(24(34)30(3)4)6-5-7-19(14)31-12-13-37-21(25(31)35)20(38-15(2)32)23(33)27-17-10-8-16(9-11-17)22-28-26(36)39-29-22/h5-11,20-21H,12-13H2,1-4H3,(H,27,33)(H,28,29,36)/t20-,21-/m1/s1. The van der Waals surface area contributed by atoms with Gasteiger partial charge in [-0.1, -0.05) is 11.2 Å². The van der Waals surface area contributed by atoms with Crippen LogP contribution in [-0.2, 0) is 23.9 Å². The van der Waals surface area contributed by atoms with E-state index in [4.69, 9.17) is 9.47 Å². The number of amides is 3. The number of benzene rings is 2. The summed E-state index contributed by atoms with van der Waals surface area (Å²) in [5, 5.41) is 6.22. The molecule has 0 aliphatic carbocycles. The largest absolute Gasteiger partial charge is 0.449 e. The first-order valence-electron chi connectivity index (χ1n) is 12.0. The van der Waals surface area contributed by atoms with E-state index >= 15 is 0 Å². The summed E-state index contributed by atoms with van der Waals surface area (Å²) in [5.74, 6) is -2.85. The van der Waals surface area contributed by atoms with Gasteiger partial charge in [-0.2, -0.15) is 0 Å². The summed E-state index contributed by atoms with van der Waals surface area (Å²) in [6.07, 6.45) is -3.01. The first-order chi connectivity index (χ1) is 18.6. The number of aromatic nitrogens is 2. The molecule has 2 atom stereocenters. The molecule has 0 bridgehead atoms. The van der Waals surface area contributed by atoms with Crippen molar-refractivity contribution in [3.63, 3.8) is 0 Å². The van der Waals surface area contributed by atoms with Gasteiger partial charge in [-0.15, -0.1) is 0 Å². The number of ether oxygens (including phenoxy) is 2. The van der Waals surface area contributed by atoms with Crippen LogP contribution in [0.15, 0.2) is 51.8 Å². The highest BCUT2D eigenvalue weighted by Crippen LogP contribution is 2.28. The van der Waals surface area contributed by atoms with Crippen LogP contribution in [0.25, 0.3) is 11.4 Å². The zero-order valence-corrected chi connectivity index (χ0v) is 21.7. The first-order valence-corrected chi connectivity index (χ1v) is 12.0. The van der Waals surface area contributed by atoms with Crippen LogP contribution in [0.2, 0.25) is 0 Å². The average Bonchev–Trinajstić information content (AvgIpc) is 3.34. The number of carbonyl (C=O) groups excluding carboxylic acids is 4. The Morgan fingerprint density at radius 1 is 1.15 bits per heavy atom. The Labute approximate surface area is 222 Å². The highest BCUT2D eigenvalue weighted by atomic mass is 16.6. The number of hydrogen-bond acceptors (Lipinski definition) is 9. The lowest BCUT2D eigenvalue weighted by Crippen LogP contribution is -2.56. The number of aromatic amines is 1. The molecule has 39 heavy (non-hydrogen) atoms. The number of hydrogen-bond donors (Lipinski definition) is 2. The number of H-pyrrole nitrogens is 1. The Morgan fingerprint density at radius 2 is 1.87 bits per heavy atom. The van der Waals surface area contributed by atoms with Crippen LogP contribution in [0, 0.1) is 6.92 Å². The van der Waals surface area contributed by atoms with Gasteiger partial charge in [0.2, 0.25) is 6.10 Å². The maximum atomic E-state index is 13.6. The van der Waals surface area contributed by atoms with Gasteiger partial charge in [0.25, 0.3) is 17.7 Å². The Bertz CT molecular complexity index is 1460. The van der Waals surface area contributed by atoms with Gasteiger partial charge >= 0.3 is 11.7 Å². The quantitative estimate of drug-likeness (QED) is 0.423. The highest BCUT2D eigenvalue weighted by Gasteiger charge is 2.43. The predicted molar refractivity (Wildman–Crippen MR) is 138 cm³/mol. The summed E-state index contributed by atoms with van der Waals surface area (Å²) in [4.78, 5) is 67.7. The van der Waals surface area contributed by atoms with Crippen LogP contribution in [0.4, 0.5) is 11.4 Å². The lowest BCUT2D eigenvalue weighted by atomic mass is 10.0. The van der Waals surface area contributed by atoms with Gasteiger partial charge in [0.05, 0.1) is 6.61 Å². The van der Waals surface area contributed by atoms with Crippen LogP contribution >= 0.6 is 0 Å². The normalized spacial score (nSPS) is 15.9. The Balaban J connectivity index is 1.56. The van der Waals surface area contributed by atoms with E-state index in [9.17, 15) is 24.0 Å². The van der Waals surface area contributed by atoms with E-state index in [1.165, 1.54) is 21.9 Å². The number of nitrogens with zero attached hydrogens (tertiary/aromatic N) is 3. The van der Waals surface area contributed by atoms with Gasteiger partial charge in [-0.25, -0.2) is 4.79 Å². The number of esters is 1. The van der Waals surface area contributed by atoms with Gasteiger partial charge in [0.15, 0.2) is 11.9 Å². The van der Waals surface area contributed by atoms with Crippen molar-refractivity contribution in [2.75, 3.05) is 37.5 Å². The second-order valence-corrected chi connectivity index (χ2v) is 8.97. The molecule has 204 valence electrons. The molecule has 2 heterocycles. The van der Waals surface area contributed by atoms with Crippen molar-refractivity contribution in [2.24, 2.45) is 0 Å². The Hall–Kier alpha value is -4.78. The molecule has 0 radical (unpaired) electrons. The van der Waals surface area contributed by atoms with E-state index in [2.05, 4.69) is 20.0 Å². The Morgan fingerprint density at radius 3 is 2.49 bits per heavy atom. The van der Waals surface area contributed by atoms with E-state index in [-0.39, 0.29) is 24.9 Å². The fourth-order valence-corrected chi connectivity index (χ4v) is 4.16. The Kier molecular flexibility index (Phi) is 7.91. The molecule has 1 saturated heterocycles.